The highest BCUT2D eigenvalue weighted by Gasteiger charge is 2.37. The van der Waals surface area contributed by atoms with Crippen LogP contribution in [0.3, 0.4) is 0 Å². The summed E-state index contributed by atoms with van der Waals surface area (Å²) in [6.07, 6.45) is 1.29. The van der Waals surface area contributed by atoms with Gasteiger partial charge in [-0.3, -0.25) is 9.59 Å². The Labute approximate surface area is 295 Å². The van der Waals surface area contributed by atoms with Gasteiger partial charge in [-0.05, 0) is 63.6 Å². The van der Waals surface area contributed by atoms with Crippen LogP contribution in [0.1, 0.15) is 23.1 Å². The van der Waals surface area contributed by atoms with Gasteiger partial charge in [-0.25, -0.2) is 25.3 Å². The minimum absolute atomic E-state index is 0.0809. The summed E-state index contributed by atoms with van der Waals surface area (Å²) in [5.41, 5.74) is 2.43. The van der Waals surface area contributed by atoms with E-state index in [0.29, 0.717) is 0 Å². The standard InChI is InChI=1S/C34H43N5O8S3/c1-5-6-32-34(41)36-20-19-35-33(40)25-38(49(44,45)30-15-9-27(3)10-16-30)22-21-37(48(42,43)29-13-7-26(2)8-14-29)23-24-39(32)50(46,47)31-17-11-28(4)12-18-31/h5,7-18,32H,1,6,19-25H2,2-4H3,(H,35,40)(H,36,41). The van der Waals surface area contributed by atoms with Gasteiger partial charge in [0.25, 0.3) is 0 Å². The molecule has 4 rings (SSSR count). The molecule has 1 saturated heterocycles. The highest BCUT2D eigenvalue weighted by atomic mass is 32.2. The van der Waals surface area contributed by atoms with Crippen LogP contribution in [0.2, 0.25) is 0 Å². The fraction of sp³-hybridized carbons (Fsp3) is 0.353. The molecule has 0 radical (unpaired) electrons. The van der Waals surface area contributed by atoms with E-state index >= 15 is 0 Å². The van der Waals surface area contributed by atoms with Crippen molar-refractivity contribution in [2.24, 2.45) is 0 Å². The first kappa shape index (κ1) is 38.9. The van der Waals surface area contributed by atoms with Gasteiger partial charge in [0.1, 0.15) is 6.04 Å². The van der Waals surface area contributed by atoms with Crippen LogP contribution < -0.4 is 10.6 Å². The van der Waals surface area contributed by atoms with Crippen molar-refractivity contribution in [1.29, 1.82) is 0 Å². The maximum absolute atomic E-state index is 14.2. The van der Waals surface area contributed by atoms with Gasteiger partial charge in [0.15, 0.2) is 0 Å². The molecule has 3 aromatic carbocycles. The molecule has 0 aliphatic carbocycles. The average Bonchev–Trinajstić information content (AvgIpc) is 3.07. The summed E-state index contributed by atoms with van der Waals surface area (Å²) in [5, 5.41) is 5.23. The van der Waals surface area contributed by atoms with Crippen molar-refractivity contribution in [2.75, 3.05) is 45.8 Å². The van der Waals surface area contributed by atoms with Gasteiger partial charge in [0, 0.05) is 39.3 Å². The Bertz CT molecular complexity index is 2000. The smallest absolute Gasteiger partial charge is 0.243 e. The van der Waals surface area contributed by atoms with E-state index < -0.39 is 80.6 Å². The lowest BCUT2D eigenvalue weighted by Crippen LogP contribution is -2.52. The Hall–Kier alpha value is -3.93. The summed E-state index contributed by atoms with van der Waals surface area (Å²) in [6, 6.07) is 16.8. The number of sulfonamides is 3. The van der Waals surface area contributed by atoms with Gasteiger partial charge in [0.05, 0.1) is 21.2 Å². The first-order valence-electron chi connectivity index (χ1n) is 15.9. The number of hydrogen-bond acceptors (Lipinski definition) is 8. The van der Waals surface area contributed by atoms with Crippen molar-refractivity contribution in [3.05, 3.63) is 102 Å². The van der Waals surface area contributed by atoms with Crippen LogP contribution in [0.15, 0.2) is 100 Å². The van der Waals surface area contributed by atoms with Crippen molar-refractivity contribution in [2.45, 2.75) is 47.9 Å². The summed E-state index contributed by atoms with van der Waals surface area (Å²) in [5.74, 6) is -1.36. The zero-order valence-electron chi connectivity index (χ0n) is 28.3. The second-order valence-electron chi connectivity index (χ2n) is 12.0. The number of nitrogens with one attached hydrogen (secondary N) is 2. The van der Waals surface area contributed by atoms with Crippen molar-refractivity contribution in [3.63, 3.8) is 0 Å². The quantitative estimate of drug-likeness (QED) is 0.331. The molecule has 0 bridgehead atoms. The highest BCUT2D eigenvalue weighted by Crippen LogP contribution is 2.24. The topological polar surface area (TPSA) is 170 Å². The van der Waals surface area contributed by atoms with Crippen molar-refractivity contribution in [1.82, 2.24) is 23.5 Å². The maximum Gasteiger partial charge on any atom is 0.243 e. The number of rotatable bonds is 8. The van der Waals surface area contributed by atoms with Crippen LogP contribution in [0.25, 0.3) is 0 Å². The Balaban J connectivity index is 1.83. The number of carbonyl (C=O) groups excluding carboxylic acids is 2. The van der Waals surface area contributed by atoms with Crippen LogP contribution >= 0.6 is 0 Å². The number of benzene rings is 3. The molecule has 1 heterocycles. The predicted molar refractivity (Wildman–Crippen MR) is 190 cm³/mol. The van der Waals surface area contributed by atoms with Gasteiger partial charge in [-0.15, -0.1) is 6.58 Å². The monoisotopic (exact) mass is 745 g/mol. The Morgan fingerprint density at radius 3 is 1.50 bits per heavy atom. The van der Waals surface area contributed by atoms with Gasteiger partial charge in [0.2, 0.25) is 41.9 Å². The van der Waals surface area contributed by atoms with Gasteiger partial charge < -0.3 is 10.6 Å². The third kappa shape index (κ3) is 9.24. The molecule has 270 valence electrons. The van der Waals surface area contributed by atoms with Gasteiger partial charge in [-0.2, -0.15) is 12.9 Å². The normalized spacial score (nSPS) is 18.7. The molecule has 0 saturated carbocycles. The number of hydrogen-bond donors (Lipinski definition) is 2. The van der Waals surface area contributed by atoms with Crippen LogP contribution in [0, 0.1) is 20.8 Å². The number of carbonyl (C=O) groups is 2. The summed E-state index contributed by atoms with van der Waals surface area (Å²) < 4.78 is 87.3. The molecule has 2 amide bonds. The van der Waals surface area contributed by atoms with E-state index in [0.717, 1.165) is 29.6 Å². The van der Waals surface area contributed by atoms with E-state index in [-0.39, 0.29) is 34.2 Å². The minimum atomic E-state index is -4.39. The number of amides is 2. The lowest BCUT2D eigenvalue weighted by Gasteiger charge is -2.32. The Morgan fingerprint density at radius 1 is 0.620 bits per heavy atom. The fourth-order valence-corrected chi connectivity index (χ4v) is 9.71. The lowest BCUT2D eigenvalue weighted by molar-refractivity contribution is -0.125. The molecule has 50 heavy (non-hydrogen) atoms. The van der Waals surface area contributed by atoms with Crippen molar-refractivity contribution >= 4 is 41.9 Å². The van der Waals surface area contributed by atoms with E-state index in [2.05, 4.69) is 17.2 Å². The van der Waals surface area contributed by atoms with E-state index in [9.17, 15) is 34.8 Å². The maximum atomic E-state index is 14.2. The van der Waals surface area contributed by atoms with E-state index in [1.807, 2.05) is 0 Å². The molecule has 2 N–H and O–H groups in total. The van der Waals surface area contributed by atoms with Gasteiger partial charge >= 0.3 is 0 Å². The predicted octanol–water partition coefficient (Wildman–Crippen LogP) is 2.18. The molecular formula is C34H43N5O8S3. The summed E-state index contributed by atoms with van der Waals surface area (Å²) in [4.78, 5) is 26.3. The summed E-state index contributed by atoms with van der Waals surface area (Å²) >= 11 is 0. The largest absolute Gasteiger partial charge is 0.353 e. The molecule has 1 aliphatic rings. The molecule has 0 spiro atoms. The van der Waals surface area contributed by atoms with E-state index in [1.54, 1.807) is 57.2 Å². The second-order valence-corrected chi connectivity index (χ2v) is 17.7. The van der Waals surface area contributed by atoms with Crippen molar-refractivity contribution in [3.8, 4) is 0 Å². The summed E-state index contributed by atoms with van der Waals surface area (Å²) in [6.45, 7) is 6.49. The van der Waals surface area contributed by atoms with E-state index in [4.69, 9.17) is 0 Å². The molecular weight excluding hydrogens is 703 g/mol. The van der Waals surface area contributed by atoms with E-state index in [1.165, 1.54) is 42.5 Å². The number of nitrogens with zero attached hydrogens (tertiary/aromatic N) is 3. The Kier molecular flexibility index (Phi) is 12.7. The summed E-state index contributed by atoms with van der Waals surface area (Å²) in [7, 11) is -13.0. The molecule has 13 nitrogen and oxygen atoms in total. The molecule has 1 atom stereocenters. The number of aryl methyl sites for hydroxylation is 3. The zero-order valence-corrected chi connectivity index (χ0v) is 30.7. The molecule has 0 aromatic heterocycles. The molecule has 1 aliphatic heterocycles. The molecule has 16 heteroatoms. The SMILES string of the molecule is C=CCC1C(=O)NCCNC(=O)CN(S(=O)(=O)c2ccc(C)cc2)CCN(S(=O)(=O)c2ccc(C)cc2)CCN1S(=O)(=O)c1ccc(C)cc1. The lowest BCUT2D eigenvalue weighted by atomic mass is 10.2. The van der Waals surface area contributed by atoms with Crippen LogP contribution in [0.4, 0.5) is 0 Å². The zero-order chi connectivity index (χ0) is 36.7. The molecule has 1 fully saturated rings. The average molecular weight is 746 g/mol. The van der Waals surface area contributed by atoms with Crippen LogP contribution in [-0.2, 0) is 39.7 Å². The molecule has 1 unspecified atom stereocenters. The third-order valence-corrected chi connectivity index (χ3v) is 13.9. The third-order valence-electron chi connectivity index (χ3n) is 8.22. The first-order valence-corrected chi connectivity index (χ1v) is 20.3. The van der Waals surface area contributed by atoms with Crippen LogP contribution in [-0.4, -0.2) is 102 Å². The second kappa shape index (κ2) is 16.4. The fourth-order valence-electron chi connectivity index (χ4n) is 5.31. The van der Waals surface area contributed by atoms with Gasteiger partial charge in [-0.1, -0.05) is 59.2 Å². The Morgan fingerprint density at radius 2 is 1.02 bits per heavy atom. The first-order chi connectivity index (χ1) is 23.6. The highest BCUT2D eigenvalue weighted by molar-refractivity contribution is 7.89. The van der Waals surface area contributed by atoms with Crippen molar-refractivity contribution < 1.29 is 34.8 Å². The minimum Gasteiger partial charge on any atom is -0.353 e. The van der Waals surface area contributed by atoms with Crippen LogP contribution in [0.5, 0.6) is 0 Å². The molecule has 3 aromatic rings.